The molecule has 2 aromatic heterocycles. The van der Waals surface area contributed by atoms with Gasteiger partial charge in [0, 0.05) is 17.8 Å². The third-order valence-electron chi connectivity index (χ3n) is 3.36. The molecule has 0 aliphatic carbocycles. The molecule has 0 radical (unpaired) electrons. The highest BCUT2D eigenvalue weighted by atomic mass is 35.5. The van der Waals surface area contributed by atoms with Crippen LogP contribution in [-0.4, -0.2) is 23.1 Å². The van der Waals surface area contributed by atoms with E-state index >= 15 is 0 Å². The van der Waals surface area contributed by atoms with Crippen LogP contribution in [0.2, 0.25) is 5.15 Å². The van der Waals surface area contributed by atoms with Crippen LogP contribution in [0.15, 0.2) is 18.5 Å². The molecule has 3 heterocycles. The van der Waals surface area contributed by atoms with Gasteiger partial charge in [-0.1, -0.05) is 11.6 Å². The van der Waals surface area contributed by atoms with Gasteiger partial charge in [-0.3, -0.25) is 0 Å². The lowest BCUT2D eigenvalue weighted by Gasteiger charge is -2.22. The van der Waals surface area contributed by atoms with Gasteiger partial charge in [0.05, 0.1) is 5.52 Å². The van der Waals surface area contributed by atoms with Crippen LogP contribution in [0.4, 0.5) is 0 Å². The Hall–Kier alpha value is -1.06. The van der Waals surface area contributed by atoms with Crippen molar-refractivity contribution in [2.24, 2.45) is 0 Å². The predicted molar refractivity (Wildman–Crippen MR) is 65.9 cm³/mol. The number of hydrogen-bond donors (Lipinski definition) is 2. The van der Waals surface area contributed by atoms with Crippen molar-refractivity contribution >= 4 is 22.5 Å². The molecule has 0 amide bonds. The second-order valence-electron chi connectivity index (χ2n) is 4.29. The first-order valence-corrected chi connectivity index (χ1v) is 6.06. The number of nitrogens with zero attached hydrogens (tertiary/aromatic N) is 1. The minimum Gasteiger partial charge on any atom is -0.361 e. The van der Waals surface area contributed by atoms with Crippen molar-refractivity contribution < 1.29 is 0 Å². The molecule has 1 aliphatic heterocycles. The maximum atomic E-state index is 6.18. The number of rotatable bonds is 1. The SMILES string of the molecule is Clc1nccc2[nH]cc(C3CCNCC3)c12. The summed E-state index contributed by atoms with van der Waals surface area (Å²) in [5.41, 5.74) is 2.42. The third-order valence-corrected chi connectivity index (χ3v) is 3.64. The van der Waals surface area contributed by atoms with E-state index < -0.39 is 0 Å². The van der Waals surface area contributed by atoms with Crippen LogP contribution in [0.25, 0.3) is 10.9 Å². The average molecular weight is 236 g/mol. The Kier molecular flexibility index (Phi) is 2.58. The van der Waals surface area contributed by atoms with Gasteiger partial charge in [-0.05, 0) is 43.5 Å². The lowest BCUT2D eigenvalue weighted by atomic mass is 9.90. The van der Waals surface area contributed by atoms with Gasteiger partial charge in [-0.2, -0.15) is 0 Å². The highest BCUT2D eigenvalue weighted by Crippen LogP contribution is 2.34. The number of aromatic amines is 1. The minimum absolute atomic E-state index is 0.608. The number of halogens is 1. The molecule has 16 heavy (non-hydrogen) atoms. The largest absolute Gasteiger partial charge is 0.361 e. The summed E-state index contributed by atoms with van der Waals surface area (Å²) in [4.78, 5) is 7.45. The van der Waals surface area contributed by atoms with Crippen LogP contribution in [-0.2, 0) is 0 Å². The van der Waals surface area contributed by atoms with Crippen LogP contribution in [0.1, 0.15) is 24.3 Å². The fourth-order valence-electron chi connectivity index (χ4n) is 2.51. The third kappa shape index (κ3) is 1.60. The Morgan fingerprint density at radius 1 is 1.31 bits per heavy atom. The molecule has 0 bridgehead atoms. The molecule has 1 fully saturated rings. The van der Waals surface area contributed by atoms with Gasteiger partial charge in [0.2, 0.25) is 0 Å². The Morgan fingerprint density at radius 3 is 2.94 bits per heavy atom. The fourth-order valence-corrected chi connectivity index (χ4v) is 2.78. The summed E-state index contributed by atoms with van der Waals surface area (Å²) in [6.07, 6.45) is 6.19. The maximum absolute atomic E-state index is 6.18. The molecule has 0 atom stereocenters. The van der Waals surface area contributed by atoms with Crippen molar-refractivity contribution in [2.75, 3.05) is 13.1 Å². The molecule has 3 rings (SSSR count). The molecule has 2 aromatic rings. The van der Waals surface area contributed by atoms with E-state index in [9.17, 15) is 0 Å². The van der Waals surface area contributed by atoms with Crippen LogP contribution in [0.3, 0.4) is 0 Å². The van der Waals surface area contributed by atoms with E-state index in [0.717, 1.165) is 24.0 Å². The van der Waals surface area contributed by atoms with E-state index in [-0.39, 0.29) is 0 Å². The Labute approximate surface area is 99.2 Å². The van der Waals surface area contributed by atoms with Gasteiger partial charge in [-0.25, -0.2) is 4.98 Å². The Morgan fingerprint density at radius 2 is 2.12 bits per heavy atom. The molecule has 0 saturated carbocycles. The topological polar surface area (TPSA) is 40.7 Å². The van der Waals surface area contributed by atoms with Crippen molar-refractivity contribution in [1.29, 1.82) is 0 Å². The highest BCUT2D eigenvalue weighted by molar-refractivity contribution is 6.34. The molecular formula is C12H14ClN3. The summed E-state index contributed by atoms with van der Waals surface area (Å²) in [6.45, 7) is 2.18. The number of nitrogens with one attached hydrogen (secondary N) is 2. The molecule has 0 unspecified atom stereocenters. The lowest BCUT2D eigenvalue weighted by Crippen LogP contribution is -2.26. The summed E-state index contributed by atoms with van der Waals surface area (Å²) in [6, 6.07) is 1.98. The number of pyridine rings is 1. The van der Waals surface area contributed by atoms with Gasteiger partial charge in [0.25, 0.3) is 0 Å². The molecule has 0 spiro atoms. The Bertz CT molecular complexity index is 500. The summed E-state index contributed by atoms with van der Waals surface area (Å²) in [7, 11) is 0. The van der Waals surface area contributed by atoms with Gasteiger partial charge in [-0.15, -0.1) is 0 Å². The van der Waals surface area contributed by atoms with E-state index in [1.807, 2.05) is 6.07 Å². The fraction of sp³-hybridized carbons (Fsp3) is 0.417. The summed E-state index contributed by atoms with van der Waals surface area (Å²) < 4.78 is 0. The quantitative estimate of drug-likeness (QED) is 0.747. The second-order valence-corrected chi connectivity index (χ2v) is 4.65. The minimum atomic E-state index is 0.608. The van der Waals surface area contributed by atoms with Gasteiger partial charge >= 0.3 is 0 Å². The smallest absolute Gasteiger partial charge is 0.138 e. The molecule has 2 N–H and O–H groups in total. The predicted octanol–water partition coefficient (Wildman–Crippen LogP) is 2.68. The first-order valence-electron chi connectivity index (χ1n) is 5.68. The molecular weight excluding hydrogens is 222 g/mol. The lowest BCUT2D eigenvalue weighted by molar-refractivity contribution is 0.462. The molecule has 1 aliphatic rings. The zero-order chi connectivity index (χ0) is 11.0. The molecule has 0 aromatic carbocycles. The van der Waals surface area contributed by atoms with Crippen molar-refractivity contribution in [3.8, 4) is 0 Å². The van der Waals surface area contributed by atoms with E-state index in [2.05, 4.69) is 21.5 Å². The van der Waals surface area contributed by atoms with Crippen molar-refractivity contribution in [1.82, 2.24) is 15.3 Å². The van der Waals surface area contributed by atoms with Crippen LogP contribution < -0.4 is 5.32 Å². The number of hydrogen-bond acceptors (Lipinski definition) is 2. The van der Waals surface area contributed by atoms with Gasteiger partial charge in [0.1, 0.15) is 5.15 Å². The summed E-state index contributed by atoms with van der Waals surface area (Å²) in [5.74, 6) is 0.608. The van der Waals surface area contributed by atoms with Crippen molar-refractivity contribution in [3.05, 3.63) is 29.2 Å². The molecule has 1 saturated heterocycles. The zero-order valence-electron chi connectivity index (χ0n) is 8.96. The van der Waals surface area contributed by atoms with Crippen LogP contribution in [0, 0.1) is 0 Å². The van der Waals surface area contributed by atoms with Crippen molar-refractivity contribution in [3.63, 3.8) is 0 Å². The van der Waals surface area contributed by atoms with E-state index in [0.29, 0.717) is 11.1 Å². The van der Waals surface area contributed by atoms with E-state index in [4.69, 9.17) is 11.6 Å². The van der Waals surface area contributed by atoms with Gasteiger partial charge in [0.15, 0.2) is 0 Å². The number of H-pyrrole nitrogens is 1. The number of fused-ring (bicyclic) bond motifs is 1. The zero-order valence-corrected chi connectivity index (χ0v) is 9.72. The first-order chi connectivity index (χ1) is 7.86. The molecule has 84 valence electrons. The first kappa shape index (κ1) is 10.1. The molecule has 3 nitrogen and oxygen atoms in total. The number of piperidine rings is 1. The standard InChI is InChI=1S/C12H14ClN3/c13-12-11-9(8-1-4-14-5-2-8)7-16-10(11)3-6-15-12/h3,6-8,14,16H,1-2,4-5H2. The maximum Gasteiger partial charge on any atom is 0.138 e. The Balaban J connectivity index is 2.09. The van der Waals surface area contributed by atoms with Gasteiger partial charge < -0.3 is 10.3 Å². The average Bonchev–Trinajstić information content (AvgIpc) is 2.75. The summed E-state index contributed by atoms with van der Waals surface area (Å²) in [5, 5.41) is 5.11. The highest BCUT2D eigenvalue weighted by Gasteiger charge is 2.19. The van der Waals surface area contributed by atoms with E-state index in [1.165, 1.54) is 18.4 Å². The monoisotopic (exact) mass is 235 g/mol. The van der Waals surface area contributed by atoms with Crippen LogP contribution >= 0.6 is 11.6 Å². The summed E-state index contributed by atoms with van der Waals surface area (Å²) >= 11 is 6.18. The number of aromatic nitrogens is 2. The molecule has 4 heteroatoms. The normalized spacial score (nSPS) is 18.1. The van der Waals surface area contributed by atoms with Crippen LogP contribution in [0.5, 0.6) is 0 Å². The van der Waals surface area contributed by atoms with Crippen molar-refractivity contribution in [2.45, 2.75) is 18.8 Å². The van der Waals surface area contributed by atoms with E-state index in [1.54, 1.807) is 6.20 Å². The second kappa shape index (κ2) is 4.07.